The maximum Gasteiger partial charge on any atom is 0.322 e. The van der Waals surface area contributed by atoms with Gasteiger partial charge in [-0.05, 0) is 31.2 Å². The monoisotopic (exact) mass is 395 g/mol. The molecule has 2 atom stereocenters. The van der Waals surface area contributed by atoms with Gasteiger partial charge in [-0.1, -0.05) is 55.7 Å². The molecule has 6 nitrogen and oxygen atoms in total. The number of nitrogens with one attached hydrogen (secondary N) is 2. The highest BCUT2D eigenvalue weighted by Crippen LogP contribution is 2.26. The zero-order valence-corrected chi connectivity index (χ0v) is 17.1. The van der Waals surface area contributed by atoms with Gasteiger partial charge in [0, 0.05) is 37.3 Å². The molecule has 1 fully saturated rings. The minimum absolute atomic E-state index is 0.0119. The largest absolute Gasteiger partial charge is 0.388 e. The molecular formula is C23H33N5O. The van der Waals surface area contributed by atoms with E-state index in [2.05, 4.69) is 10.3 Å². The van der Waals surface area contributed by atoms with E-state index in [-0.39, 0.29) is 29.9 Å². The van der Waals surface area contributed by atoms with Crippen LogP contribution in [0.4, 0.5) is 4.79 Å². The lowest BCUT2D eigenvalue weighted by Crippen LogP contribution is -2.48. The van der Waals surface area contributed by atoms with Crippen molar-refractivity contribution < 1.29 is 4.79 Å². The van der Waals surface area contributed by atoms with Crippen LogP contribution >= 0.6 is 0 Å². The van der Waals surface area contributed by atoms with Crippen LogP contribution in [0.2, 0.25) is 0 Å². The molecule has 0 spiro atoms. The molecule has 6 heteroatoms. The normalized spacial score (nSPS) is 21.0. The first-order valence-electron chi connectivity index (χ1n) is 10.8. The van der Waals surface area contributed by atoms with E-state index in [4.69, 9.17) is 11.1 Å². The van der Waals surface area contributed by atoms with Crippen LogP contribution in [0.25, 0.3) is 0 Å². The number of hydrogen-bond acceptors (Lipinski definition) is 3. The lowest BCUT2D eigenvalue weighted by atomic mass is 9.93. The molecule has 1 saturated carbocycles. The first kappa shape index (κ1) is 21.1. The number of amides is 2. The molecule has 156 valence electrons. The predicted molar refractivity (Wildman–Crippen MR) is 118 cm³/mol. The second-order valence-electron chi connectivity index (χ2n) is 8.04. The molecule has 1 heterocycles. The fraction of sp³-hybridized carbons (Fsp3) is 0.522. The van der Waals surface area contributed by atoms with Gasteiger partial charge in [0.15, 0.2) is 0 Å². The Kier molecular flexibility index (Phi) is 7.85. The summed E-state index contributed by atoms with van der Waals surface area (Å²) in [7, 11) is 0. The van der Waals surface area contributed by atoms with E-state index in [1.807, 2.05) is 53.7 Å². The summed E-state index contributed by atoms with van der Waals surface area (Å²) in [5, 5.41) is 10.9. The van der Waals surface area contributed by atoms with Crippen LogP contribution in [0.3, 0.4) is 0 Å². The van der Waals surface area contributed by atoms with Gasteiger partial charge < -0.3 is 11.1 Å². The second kappa shape index (κ2) is 10.8. The van der Waals surface area contributed by atoms with Gasteiger partial charge in [0.2, 0.25) is 0 Å². The minimum atomic E-state index is -0.0545. The summed E-state index contributed by atoms with van der Waals surface area (Å²) in [6, 6.07) is 10.2. The van der Waals surface area contributed by atoms with Crippen molar-refractivity contribution in [2.45, 2.75) is 69.4 Å². The van der Waals surface area contributed by atoms with Gasteiger partial charge in [-0.25, -0.2) is 4.79 Å². The third-order valence-electron chi connectivity index (χ3n) is 5.75. The fourth-order valence-electron chi connectivity index (χ4n) is 4.17. The van der Waals surface area contributed by atoms with Crippen molar-refractivity contribution in [1.29, 1.82) is 5.41 Å². The van der Waals surface area contributed by atoms with Gasteiger partial charge in [-0.15, -0.1) is 0 Å². The highest BCUT2D eigenvalue weighted by Gasteiger charge is 2.26. The zero-order chi connectivity index (χ0) is 20.5. The highest BCUT2D eigenvalue weighted by molar-refractivity contribution is 5.81. The van der Waals surface area contributed by atoms with Gasteiger partial charge in [-0.3, -0.25) is 15.3 Å². The Balaban J connectivity index is 1.77. The number of hydrogen-bond donors (Lipinski definition) is 3. The average molecular weight is 396 g/mol. The number of nitrogens with zero attached hydrogens (tertiary/aromatic N) is 2. The average Bonchev–Trinajstić information content (AvgIpc) is 2.75. The molecule has 2 amide bonds. The van der Waals surface area contributed by atoms with E-state index in [1.54, 1.807) is 0 Å². The van der Waals surface area contributed by atoms with E-state index in [0.717, 1.165) is 50.6 Å². The van der Waals surface area contributed by atoms with Crippen LogP contribution in [0, 0.1) is 5.41 Å². The molecule has 0 bridgehead atoms. The molecule has 2 aliphatic rings. The van der Waals surface area contributed by atoms with Crippen LogP contribution in [0.1, 0.15) is 62.8 Å². The van der Waals surface area contributed by atoms with Crippen LogP contribution in [0.15, 0.2) is 47.6 Å². The van der Waals surface area contributed by atoms with Crippen molar-refractivity contribution in [2.24, 2.45) is 10.7 Å². The van der Waals surface area contributed by atoms with Gasteiger partial charge in [0.1, 0.15) is 0 Å². The summed E-state index contributed by atoms with van der Waals surface area (Å²) in [5.41, 5.74) is 6.80. The van der Waals surface area contributed by atoms with Gasteiger partial charge in [0.05, 0.1) is 11.9 Å². The van der Waals surface area contributed by atoms with E-state index in [9.17, 15) is 4.79 Å². The number of aliphatic imine (C=N–C) groups is 1. The smallest absolute Gasteiger partial charge is 0.322 e. The number of amidine groups is 1. The van der Waals surface area contributed by atoms with Gasteiger partial charge in [-0.2, -0.15) is 0 Å². The number of benzene rings is 1. The van der Waals surface area contributed by atoms with Crippen molar-refractivity contribution >= 4 is 18.1 Å². The van der Waals surface area contributed by atoms with Crippen LogP contribution in [0.5, 0.6) is 0 Å². The lowest BCUT2D eigenvalue weighted by Gasteiger charge is -2.33. The predicted octanol–water partition coefficient (Wildman–Crippen LogP) is 4.19. The quantitative estimate of drug-likeness (QED) is 0.477. The first-order chi connectivity index (χ1) is 14.1. The number of urea groups is 1. The van der Waals surface area contributed by atoms with Crippen molar-refractivity contribution in [2.75, 3.05) is 6.54 Å². The SMILES string of the molecule is N=C(N)CC(/C=C/N(C(=O)NC1C=NCCC1)C1CCCCC1)c1ccccc1. The molecule has 1 aliphatic carbocycles. The van der Waals surface area contributed by atoms with Gasteiger partial charge in [0.25, 0.3) is 0 Å². The van der Waals surface area contributed by atoms with Crippen LogP contribution in [-0.2, 0) is 0 Å². The number of carbonyl (C=O) groups excluding carboxylic acids is 1. The molecule has 0 radical (unpaired) electrons. The molecule has 2 unspecified atom stereocenters. The Bertz CT molecular complexity index is 724. The van der Waals surface area contributed by atoms with Crippen LogP contribution < -0.4 is 11.1 Å². The maximum absolute atomic E-state index is 13.1. The molecule has 1 aromatic carbocycles. The van der Waals surface area contributed by atoms with E-state index < -0.39 is 0 Å². The summed E-state index contributed by atoms with van der Waals surface area (Å²) in [5.74, 6) is 0.124. The van der Waals surface area contributed by atoms with E-state index in [0.29, 0.717) is 6.42 Å². The van der Waals surface area contributed by atoms with E-state index in [1.165, 1.54) is 6.42 Å². The Hall–Kier alpha value is -2.63. The second-order valence-corrected chi connectivity index (χ2v) is 8.04. The third kappa shape index (κ3) is 6.44. The Morgan fingerprint density at radius 2 is 1.97 bits per heavy atom. The van der Waals surface area contributed by atoms with Crippen molar-refractivity contribution in [3.05, 3.63) is 48.2 Å². The summed E-state index contributed by atoms with van der Waals surface area (Å²) in [4.78, 5) is 19.3. The minimum Gasteiger partial charge on any atom is -0.388 e. The standard InChI is InChI=1S/C23H33N5O/c24-22(25)16-19(18-8-3-1-4-9-18)13-15-28(21-11-5-2-6-12-21)23(29)27-20-10-7-14-26-17-20/h1,3-4,8-9,13,15,17,19-21H,2,5-7,10-12,14,16H2,(H3,24,25)(H,27,29)/b15-13+. The lowest BCUT2D eigenvalue weighted by molar-refractivity contribution is 0.183. The maximum atomic E-state index is 13.1. The molecule has 4 N–H and O–H groups in total. The molecule has 0 saturated heterocycles. The molecular weight excluding hydrogens is 362 g/mol. The van der Waals surface area contributed by atoms with Crippen molar-refractivity contribution in [3.63, 3.8) is 0 Å². The highest BCUT2D eigenvalue weighted by atomic mass is 16.2. The Labute approximate surface area is 173 Å². The Morgan fingerprint density at radius 3 is 2.62 bits per heavy atom. The number of rotatable bonds is 7. The van der Waals surface area contributed by atoms with Gasteiger partial charge >= 0.3 is 6.03 Å². The van der Waals surface area contributed by atoms with Crippen molar-refractivity contribution in [1.82, 2.24) is 10.2 Å². The number of allylic oxidation sites excluding steroid dienone is 1. The molecule has 1 aromatic rings. The number of carbonyl (C=O) groups is 1. The summed E-state index contributed by atoms with van der Waals surface area (Å²) in [6.45, 7) is 0.850. The third-order valence-corrected chi connectivity index (χ3v) is 5.75. The summed E-state index contributed by atoms with van der Waals surface area (Å²) in [6.07, 6.45) is 13.8. The van der Waals surface area contributed by atoms with E-state index >= 15 is 0 Å². The summed E-state index contributed by atoms with van der Waals surface area (Å²) >= 11 is 0. The molecule has 3 rings (SSSR count). The fourth-order valence-corrected chi connectivity index (χ4v) is 4.17. The molecule has 0 aromatic heterocycles. The Morgan fingerprint density at radius 1 is 1.21 bits per heavy atom. The molecule has 29 heavy (non-hydrogen) atoms. The number of nitrogens with two attached hydrogens (primary N) is 1. The zero-order valence-electron chi connectivity index (χ0n) is 17.1. The first-order valence-corrected chi connectivity index (χ1v) is 10.8. The molecule has 1 aliphatic heterocycles. The topological polar surface area (TPSA) is 94.6 Å². The van der Waals surface area contributed by atoms with Crippen LogP contribution in [-0.4, -0.2) is 41.6 Å². The summed E-state index contributed by atoms with van der Waals surface area (Å²) < 4.78 is 0. The van der Waals surface area contributed by atoms with Crippen molar-refractivity contribution in [3.8, 4) is 0 Å².